The summed E-state index contributed by atoms with van der Waals surface area (Å²) in [6.07, 6.45) is 5.68. The van der Waals surface area contributed by atoms with E-state index in [0.29, 0.717) is 22.8 Å². The molecule has 2 heterocycles. The molecule has 1 saturated carbocycles. The molecule has 3 fully saturated rings. The predicted octanol–water partition coefficient (Wildman–Crippen LogP) is 2.93. The van der Waals surface area contributed by atoms with Crippen LogP contribution in [0, 0.1) is 11.8 Å². The number of amides is 2. The van der Waals surface area contributed by atoms with E-state index in [4.69, 9.17) is 0 Å². The first-order valence-electron chi connectivity index (χ1n) is 10.0. The van der Waals surface area contributed by atoms with Gasteiger partial charge in [-0.15, -0.1) is 0 Å². The molecule has 3 aliphatic rings. The first-order valence-corrected chi connectivity index (χ1v) is 11.3. The number of carbonyl (C=O) groups excluding carboxylic acids is 2. The Bertz CT molecular complexity index is 702. The van der Waals surface area contributed by atoms with Crippen LogP contribution >= 0.6 is 11.8 Å². The van der Waals surface area contributed by atoms with Gasteiger partial charge in [-0.3, -0.25) is 14.5 Å². The van der Waals surface area contributed by atoms with Gasteiger partial charge in [0.1, 0.15) is 0 Å². The van der Waals surface area contributed by atoms with Crippen molar-refractivity contribution in [3.63, 3.8) is 0 Å². The van der Waals surface area contributed by atoms with Gasteiger partial charge in [0.05, 0.1) is 0 Å². The molecule has 2 aliphatic heterocycles. The van der Waals surface area contributed by atoms with Crippen molar-refractivity contribution in [1.82, 2.24) is 9.80 Å². The molecule has 0 aromatic heterocycles. The third-order valence-corrected chi connectivity index (χ3v) is 7.35. The highest BCUT2D eigenvalue weighted by molar-refractivity contribution is 7.99. The second-order valence-electron chi connectivity index (χ2n) is 8.18. The topological polar surface area (TPSA) is 52.7 Å². The molecule has 0 spiro atoms. The average molecular weight is 388 g/mol. The summed E-state index contributed by atoms with van der Waals surface area (Å²) in [5, 5.41) is 3.45. The first kappa shape index (κ1) is 18.8. The zero-order chi connectivity index (χ0) is 19.0. The normalized spacial score (nSPS) is 30.5. The van der Waals surface area contributed by atoms with E-state index in [1.54, 1.807) is 0 Å². The number of nitrogens with one attached hydrogen (secondary N) is 1. The lowest BCUT2D eigenvalue weighted by atomic mass is 10.1. The van der Waals surface area contributed by atoms with Crippen LogP contribution in [0.4, 0.5) is 5.69 Å². The molecule has 5 nitrogen and oxygen atoms in total. The summed E-state index contributed by atoms with van der Waals surface area (Å²) >= 11 is 1.88. The third kappa shape index (κ3) is 4.02. The Morgan fingerprint density at radius 2 is 1.78 bits per heavy atom. The highest BCUT2D eigenvalue weighted by Crippen LogP contribution is 2.38. The minimum Gasteiger partial charge on any atom is -0.336 e. The summed E-state index contributed by atoms with van der Waals surface area (Å²) < 4.78 is 0. The molecule has 27 heavy (non-hydrogen) atoms. The summed E-state index contributed by atoms with van der Waals surface area (Å²) in [6.45, 7) is 6.07. The SMILES string of the molecule is CS[C@@H]1CN(C(=O)c2ccc(NC(=O)[C@@H]3C[C@H]3C)cc2)C[C@@H]1N1CCCC1. The van der Waals surface area contributed by atoms with E-state index in [0.717, 1.165) is 38.3 Å². The fourth-order valence-corrected chi connectivity index (χ4v) is 5.28. The summed E-state index contributed by atoms with van der Waals surface area (Å²) in [7, 11) is 0. The van der Waals surface area contributed by atoms with Gasteiger partial charge in [-0.25, -0.2) is 0 Å². The highest BCUT2D eigenvalue weighted by Gasteiger charge is 2.40. The van der Waals surface area contributed by atoms with E-state index < -0.39 is 0 Å². The van der Waals surface area contributed by atoms with E-state index in [1.807, 2.05) is 40.9 Å². The molecule has 4 rings (SSSR count). The van der Waals surface area contributed by atoms with Gasteiger partial charge < -0.3 is 10.2 Å². The fraction of sp³-hybridized carbons (Fsp3) is 0.619. The van der Waals surface area contributed by atoms with Gasteiger partial charge in [0, 0.05) is 41.6 Å². The largest absolute Gasteiger partial charge is 0.336 e. The second kappa shape index (κ2) is 7.84. The van der Waals surface area contributed by atoms with Crippen molar-refractivity contribution in [2.45, 2.75) is 37.5 Å². The van der Waals surface area contributed by atoms with Crippen molar-refractivity contribution in [2.75, 3.05) is 37.8 Å². The van der Waals surface area contributed by atoms with Crippen LogP contribution in [0.15, 0.2) is 24.3 Å². The van der Waals surface area contributed by atoms with Gasteiger partial charge >= 0.3 is 0 Å². The number of hydrogen-bond donors (Lipinski definition) is 1. The maximum absolute atomic E-state index is 13.0. The van der Waals surface area contributed by atoms with Crippen LogP contribution in [0.5, 0.6) is 0 Å². The van der Waals surface area contributed by atoms with Crippen molar-refractivity contribution >= 4 is 29.3 Å². The smallest absolute Gasteiger partial charge is 0.253 e. The van der Waals surface area contributed by atoms with Gasteiger partial charge in [-0.1, -0.05) is 6.92 Å². The lowest BCUT2D eigenvalue weighted by Gasteiger charge is -2.27. The number of benzene rings is 1. The van der Waals surface area contributed by atoms with Crippen LogP contribution < -0.4 is 5.32 Å². The molecule has 1 aromatic rings. The van der Waals surface area contributed by atoms with Crippen LogP contribution in [0.25, 0.3) is 0 Å². The van der Waals surface area contributed by atoms with Gasteiger partial charge in [0.2, 0.25) is 5.91 Å². The molecule has 4 atom stereocenters. The molecule has 0 bridgehead atoms. The molecule has 1 aromatic carbocycles. The minimum absolute atomic E-state index is 0.0948. The number of anilines is 1. The molecular formula is C21H29N3O2S. The predicted molar refractivity (Wildman–Crippen MR) is 110 cm³/mol. The molecular weight excluding hydrogens is 358 g/mol. The second-order valence-corrected chi connectivity index (χ2v) is 9.26. The Balaban J connectivity index is 1.38. The minimum atomic E-state index is 0.0948. The van der Waals surface area contributed by atoms with Crippen molar-refractivity contribution in [3.05, 3.63) is 29.8 Å². The van der Waals surface area contributed by atoms with Crippen LogP contribution in [0.3, 0.4) is 0 Å². The quantitative estimate of drug-likeness (QED) is 0.844. The average Bonchev–Trinajstić information content (AvgIpc) is 3.07. The van der Waals surface area contributed by atoms with E-state index in [2.05, 4.69) is 23.4 Å². The Morgan fingerprint density at radius 3 is 2.37 bits per heavy atom. The van der Waals surface area contributed by atoms with Crippen LogP contribution in [-0.2, 0) is 4.79 Å². The van der Waals surface area contributed by atoms with E-state index in [1.165, 1.54) is 12.8 Å². The third-order valence-electron chi connectivity index (χ3n) is 6.28. The van der Waals surface area contributed by atoms with E-state index >= 15 is 0 Å². The molecule has 2 amide bonds. The summed E-state index contributed by atoms with van der Waals surface area (Å²) in [5.74, 6) is 0.845. The summed E-state index contributed by atoms with van der Waals surface area (Å²) in [4.78, 5) is 29.6. The summed E-state index contributed by atoms with van der Waals surface area (Å²) in [6, 6.07) is 7.85. The molecule has 6 heteroatoms. The highest BCUT2D eigenvalue weighted by atomic mass is 32.2. The van der Waals surface area contributed by atoms with Crippen molar-refractivity contribution in [3.8, 4) is 0 Å². The van der Waals surface area contributed by atoms with Crippen LogP contribution in [0.1, 0.15) is 36.5 Å². The Morgan fingerprint density at radius 1 is 1.11 bits per heavy atom. The Kier molecular flexibility index (Phi) is 5.46. The van der Waals surface area contributed by atoms with Gasteiger partial charge in [0.15, 0.2) is 0 Å². The Hall–Kier alpha value is -1.53. The monoisotopic (exact) mass is 387 g/mol. The van der Waals surface area contributed by atoms with Crippen molar-refractivity contribution in [1.29, 1.82) is 0 Å². The number of hydrogen-bond acceptors (Lipinski definition) is 4. The van der Waals surface area contributed by atoms with Gasteiger partial charge in [0.25, 0.3) is 5.91 Å². The van der Waals surface area contributed by atoms with E-state index in [-0.39, 0.29) is 17.7 Å². The standard InChI is InChI=1S/C21H29N3O2S/c1-14-11-17(14)20(25)22-16-7-5-15(6-8-16)21(26)24-12-18(19(13-24)27-2)23-9-3-4-10-23/h5-8,14,17-19H,3-4,9-13H2,1-2H3,(H,22,25)/t14-,17-,18+,19-/m1/s1. The lowest BCUT2D eigenvalue weighted by Crippen LogP contribution is -2.40. The molecule has 1 N–H and O–H groups in total. The molecule has 2 saturated heterocycles. The van der Waals surface area contributed by atoms with Gasteiger partial charge in [-0.2, -0.15) is 11.8 Å². The van der Waals surface area contributed by atoms with Gasteiger partial charge in [-0.05, 0) is 68.8 Å². The summed E-state index contributed by atoms with van der Waals surface area (Å²) in [5.41, 5.74) is 1.48. The molecule has 0 unspecified atom stereocenters. The maximum atomic E-state index is 13.0. The van der Waals surface area contributed by atoms with Crippen LogP contribution in [-0.4, -0.2) is 65.3 Å². The number of rotatable bonds is 5. The van der Waals surface area contributed by atoms with Crippen molar-refractivity contribution in [2.24, 2.45) is 11.8 Å². The number of thioether (sulfide) groups is 1. The molecule has 0 radical (unpaired) electrons. The van der Waals surface area contributed by atoms with E-state index in [9.17, 15) is 9.59 Å². The Labute approximate surface area is 165 Å². The molecule has 1 aliphatic carbocycles. The van der Waals surface area contributed by atoms with Crippen molar-refractivity contribution < 1.29 is 9.59 Å². The maximum Gasteiger partial charge on any atom is 0.253 e. The number of carbonyl (C=O) groups is 2. The zero-order valence-corrected chi connectivity index (χ0v) is 17.0. The first-order chi connectivity index (χ1) is 13.1. The molecule has 146 valence electrons. The van der Waals surface area contributed by atoms with Crippen LogP contribution in [0.2, 0.25) is 0 Å². The number of likely N-dealkylation sites (tertiary alicyclic amines) is 2. The zero-order valence-electron chi connectivity index (χ0n) is 16.2. The fourth-order valence-electron chi connectivity index (χ4n) is 4.38. The number of nitrogens with zero attached hydrogens (tertiary/aromatic N) is 2. The lowest BCUT2D eigenvalue weighted by molar-refractivity contribution is -0.117.